The van der Waals surface area contributed by atoms with Crippen molar-refractivity contribution in [1.29, 1.82) is 0 Å². The Balaban J connectivity index is 1.52. The molecule has 0 spiro atoms. The largest absolute Gasteiger partial charge is 0.493 e. The number of aliphatic imine (C=N–C) groups is 1. The van der Waals surface area contributed by atoms with E-state index >= 15 is 0 Å². The van der Waals surface area contributed by atoms with Gasteiger partial charge in [-0.2, -0.15) is 0 Å². The van der Waals surface area contributed by atoms with Crippen LogP contribution in [-0.2, 0) is 11.3 Å². The lowest BCUT2D eigenvalue weighted by Gasteiger charge is -2.24. The minimum Gasteiger partial charge on any atom is -0.493 e. The van der Waals surface area contributed by atoms with Gasteiger partial charge in [-0.15, -0.1) is 0 Å². The summed E-state index contributed by atoms with van der Waals surface area (Å²) in [5, 5.41) is 9.68. The molecule has 0 aromatic heterocycles. The summed E-state index contributed by atoms with van der Waals surface area (Å²) in [4.78, 5) is 16.7. The Morgan fingerprint density at radius 2 is 1.84 bits per heavy atom. The first-order valence-corrected chi connectivity index (χ1v) is 11.8. The molecule has 1 aromatic carbocycles. The summed E-state index contributed by atoms with van der Waals surface area (Å²) in [7, 11) is 1.68. The van der Waals surface area contributed by atoms with Crippen molar-refractivity contribution in [2.24, 2.45) is 10.9 Å². The second kappa shape index (κ2) is 12.4. The SMILES string of the molecule is CCNC(=NCc1cccc(OC)c1OC1CCCC1)NCCCNC(=O)C1CCC1. The van der Waals surface area contributed by atoms with Crippen LogP contribution in [0, 0.1) is 5.92 Å². The first-order valence-electron chi connectivity index (χ1n) is 11.8. The number of hydrogen-bond acceptors (Lipinski definition) is 4. The summed E-state index contributed by atoms with van der Waals surface area (Å²) < 4.78 is 11.9. The zero-order valence-electron chi connectivity index (χ0n) is 19.0. The first kappa shape index (κ1) is 23.2. The molecule has 0 bridgehead atoms. The van der Waals surface area contributed by atoms with E-state index in [4.69, 9.17) is 14.5 Å². The summed E-state index contributed by atoms with van der Waals surface area (Å²) >= 11 is 0. The molecule has 3 N–H and O–H groups in total. The van der Waals surface area contributed by atoms with Crippen LogP contribution in [0.25, 0.3) is 0 Å². The minimum atomic E-state index is 0.208. The fourth-order valence-electron chi connectivity index (χ4n) is 3.98. The summed E-state index contributed by atoms with van der Waals surface area (Å²) in [6.07, 6.45) is 9.04. The van der Waals surface area contributed by atoms with Crippen molar-refractivity contribution in [3.8, 4) is 11.5 Å². The zero-order valence-corrected chi connectivity index (χ0v) is 19.0. The summed E-state index contributed by atoms with van der Waals surface area (Å²) in [5.74, 6) is 2.80. The molecule has 0 radical (unpaired) electrons. The Labute approximate surface area is 186 Å². The van der Waals surface area contributed by atoms with Crippen LogP contribution < -0.4 is 25.4 Å². The summed E-state index contributed by atoms with van der Waals surface area (Å²) in [6, 6.07) is 5.98. The number of carbonyl (C=O) groups excluding carboxylic acids is 1. The van der Waals surface area contributed by atoms with Crippen LogP contribution in [0.1, 0.15) is 63.9 Å². The van der Waals surface area contributed by atoms with Gasteiger partial charge in [0.05, 0.1) is 19.8 Å². The van der Waals surface area contributed by atoms with E-state index in [9.17, 15) is 4.79 Å². The van der Waals surface area contributed by atoms with Gasteiger partial charge in [-0.05, 0) is 57.9 Å². The van der Waals surface area contributed by atoms with Crippen LogP contribution >= 0.6 is 0 Å². The second-order valence-corrected chi connectivity index (χ2v) is 8.37. The number of rotatable bonds is 11. The van der Waals surface area contributed by atoms with Gasteiger partial charge in [0, 0.05) is 31.1 Å². The second-order valence-electron chi connectivity index (χ2n) is 8.37. The van der Waals surface area contributed by atoms with Crippen molar-refractivity contribution < 1.29 is 14.3 Å². The van der Waals surface area contributed by atoms with Crippen molar-refractivity contribution in [3.05, 3.63) is 23.8 Å². The molecule has 7 heteroatoms. The monoisotopic (exact) mass is 430 g/mol. The number of nitrogens with zero attached hydrogens (tertiary/aromatic N) is 1. The van der Waals surface area contributed by atoms with E-state index in [1.165, 1.54) is 19.3 Å². The highest BCUT2D eigenvalue weighted by Crippen LogP contribution is 2.35. The summed E-state index contributed by atoms with van der Waals surface area (Å²) in [5.41, 5.74) is 1.02. The average Bonchev–Trinajstić information content (AvgIpc) is 3.24. The number of nitrogens with one attached hydrogen (secondary N) is 3. The fraction of sp³-hybridized carbons (Fsp3) is 0.667. The average molecular weight is 431 g/mol. The third kappa shape index (κ3) is 7.04. The topological polar surface area (TPSA) is 84.0 Å². The molecule has 2 fully saturated rings. The van der Waals surface area contributed by atoms with Gasteiger partial charge in [-0.3, -0.25) is 4.79 Å². The van der Waals surface area contributed by atoms with Crippen molar-refractivity contribution in [2.45, 2.75) is 70.9 Å². The molecule has 3 rings (SSSR count). The van der Waals surface area contributed by atoms with Crippen molar-refractivity contribution in [2.75, 3.05) is 26.7 Å². The molecule has 0 atom stereocenters. The standard InChI is InChI=1S/C24H38N4O3/c1-3-25-24(27-16-8-15-26-23(29)18-9-6-10-18)28-17-19-11-7-14-21(30-2)22(19)31-20-12-4-5-13-20/h7,11,14,18,20H,3-6,8-10,12-13,15-17H2,1-2H3,(H,26,29)(H2,25,27,28). The highest BCUT2D eigenvalue weighted by atomic mass is 16.5. The van der Waals surface area contributed by atoms with Crippen LogP contribution in [0.2, 0.25) is 0 Å². The lowest BCUT2D eigenvalue weighted by molar-refractivity contribution is -0.127. The molecule has 31 heavy (non-hydrogen) atoms. The highest BCUT2D eigenvalue weighted by Gasteiger charge is 2.24. The third-order valence-corrected chi connectivity index (χ3v) is 6.04. The predicted molar refractivity (Wildman–Crippen MR) is 124 cm³/mol. The molecule has 0 saturated heterocycles. The molecule has 2 aliphatic carbocycles. The molecule has 7 nitrogen and oxygen atoms in total. The lowest BCUT2D eigenvalue weighted by atomic mass is 9.85. The van der Waals surface area contributed by atoms with Gasteiger partial charge in [0.25, 0.3) is 0 Å². The van der Waals surface area contributed by atoms with Crippen molar-refractivity contribution >= 4 is 11.9 Å². The Morgan fingerprint density at radius 1 is 1.06 bits per heavy atom. The van der Waals surface area contributed by atoms with Gasteiger partial charge in [-0.1, -0.05) is 18.6 Å². The quantitative estimate of drug-likeness (QED) is 0.285. The van der Waals surface area contributed by atoms with Gasteiger partial charge in [0.15, 0.2) is 17.5 Å². The number of carbonyl (C=O) groups is 1. The Hall–Kier alpha value is -2.44. The first-order chi connectivity index (χ1) is 15.2. The molecular formula is C24H38N4O3. The molecule has 1 aromatic rings. The lowest BCUT2D eigenvalue weighted by Crippen LogP contribution is -2.39. The molecule has 2 saturated carbocycles. The van der Waals surface area contributed by atoms with Crippen LogP contribution in [0.5, 0.6) is 11.5 Å². The number of methoxy groups -OCH3 is 1. The van der Waals surface area contributed by atoms with E-state index < -0.39 is 0 Å². The van der Waals surface area contributed by atoms with Gasteiger partial charge in [0.2, 0.25) is 5.91 Å². The van der Waals surface area contributed by atoms with E-state index in [1.54, 1.807) is 7.11 Å². The number of para-hydroxylation sites is 1. The van der Waals surface area contributed by atoms with Crippen molar-refractivity contribution in [1.82, 2.24) is 16.0 Å². The van der Waals surface area contributed by atoms with E-state index in [1.807, 2.05) is 12.1 Å². The van der Waals surface area contributed by atoms with Gasteiger partial charge < -0.3 is 25.4 Å². The number of benzene rings is 1. The molecule has 2 aliphatic rings. The number of hydrogen-bond donors (Lipinski definition) is 3. The maximum Gasteiger partial charge on any atom is 0.223 e. The van der Waals surface area contributed by atoms with E-state index in [0.29, 0.717) is 13.1 Å². The molecule has 0 heterocycles. The minimum absolute atomic E-state index is 0.208. The van der Waals surface area contributed by atoms with Crippen LogP contribution in [0.15, 0.2) is 23.2 Å². The van der Waals surface area contributed by atoms with Crippen LogP contribution in [0.4, 0.5) is 0 Å². The van der Waals surface area contributed by atoms with Crippen LogP contribution in [0.3, 0.4) is 0 Å². The Morgan fingerprint density at radius 3 is 2.52 bits per heavy atom. The number of ether oxygens (including phenoxy) is 2. The van der Waals surface area contributed by atoms with E-state index in [-0.39, 0.29) is 17.9 Å². The third-order valence-electron chi connectivity index (χ3n) is 6.04. The Bertz CT molecular complexity index is 728. The van der Waals surface area contributed by atoms with Gasteiger partial charge in [-0.25, -0.2) is 4.99 Å². The normalized spacial score (nSPS) is 17.2. The van der Waals surface area contributed by atoms with E-state index in [0.717, 1.165) is 68.2 Å². The van der Waals surface area contributed by atoms with Gasteiger partial charge >= 0.3 is 0 Å². The maximum absolute atomic E-state index is 11.9. The summed E-state index contributed by atoms with van der Waals surface area (Å²) in [6.45, 7) is 4.79. The van der Waals surface area contributed by atoms with E-state index in [2.05, 4.69) is 28.9 Å². The zero-order chi connectivity index (χ0) is 21.9. The van der Waals surface area contributed by atoms with Crippen molar-refractivity contribution in [3.63, 3.8) is 0 Å². The molecule has 172 valence electrons. The maximum atomic E-state index is 11.9. The van der Waals surface area contributed by atoms with Crippen LogP contribution in [-0.4, -0.2) is 44.7 Å². The molecule has 1 amide bonds. The highest BCUT2D eigenvalue weighted by molar-refractivity contribution is 5.80. The molecule has 0 aliphatic heterocycles. The van der Waals surface area contributed by atoms with Gasteiger partial charge in [0.1, 0.15) is 0 Å². The fourth-order valence-corrected chi connectivity index (χ4v) is 3.98. The number of guanidine groups is 1. The Kier molecular flexibility index (Phi) is 9.31. The molecular weight excluding hydrogens is 392 g/mol. The smallest absolute Gasteiger partial charge is 0.223 e. The predicted octanol–water partition coefficient (Wildman–Crippen LogP) is 3.38. The number of amides is 1. The molecule has 0 unspecified atom stereocenters.